The molecule has 3 aromatic carbocycles. The van der Waals surface area contributed by atoms with E-state index < -0.39 is 23.3 Å². The molecule has 1 nitrogen and oxygen atoms in total. The van der Waals surface area contributed by atoms with Gasteiger partial charge in [0.2, 0.25) is 0 Å². The lowest BCUT2D eigenvalue weighted by molar-refractivity contribution is -0.188. The van der Waals surface area contributed by atoms with Crippen molar-refractivity contribution in [2.75, 3.05) is 6.67 Å². The molecule has 1 fully saturated rings. The monoisotopic (exact) mass is 552 g/mol. The Hall–Kier alpha value is -3.59. The molecule has 0 spiro atoms. The zero-order valence-electron chi connectivity index (χ0n) is 22.6. The van der Waals surface area contributed by atoms with Crippen molar-refractivity contribution in [3.63, 3.8) is 0 Å². The van der Waals surface area contributed by atoms with Crippen LogP contribution in [0.5, 0.6) is 5.75 Å². The maximum absolute atomic E-state index is 15.1. The number of allylic oxidation sites excluding steroid dienone is 1. The first-order valence-corrected chi connectivity index (χ1v) is 13.6. The van der Waals surface area contributed by atoms with Crippen molar-refractivity contribution in [2.45, 2.75) is 58.0 Å². The van der Waals surface area contributed by atoms with Gasteiger partial charge in [0, 0.05) is 5.92 Å². The van der Waals surface area contributed by atoms with Gasteiger partial charge in [0.1, 0.15) is 11.3 Å². The van der Waals surface area contributed by atoms with Crippen LogP contribution in [0.3, 0.4) is 0 Å². The van der Waals surface area contributed by atoms with Crippen LogP contribution in [0.25, 0.3) is 0 Å². The van der Waals surface area contributed by atoms with E-state index in [1.165, 1.54) is 24.6 Å². The molecule has 6 heteroatoms. The Kier molecular flexibility index (Phi) is 9.68. The van der Waals surface area contributed by atoms with Gasteiger partial charge in [0.25, 0.3) is 0 Å². The predicted octanol–water partition coefficient (Wildman–Crippen LogP) is 9.04. The Balaban J connectivity index is 1.41. The van der Waals surface area contributed by atoms with Crippen LogP contribution in [0.15, 0.2) is 67.3 Å². The van der Waals surface area contributed by atoms with Crippen molar-refractivity contribution < 1.29 is 26.7 Å². The molecular formula is C34H33F5O. The van der Waals surface area contributed by atoms with Crippen molar-refractivity contribution in [2.24, 2.45) is 11.8 Å². The van der Waals surface area contributed by atoms with E-state index in [1.54, 1.807) is 12.1 Å². The lowest BCUT2D eigenvalue weighted by atomic mass is 9.83. The zero-order valence-corrected chi connectivity index (χ0v) is 22.6. The third kappa shape index (κ3) is 7.33. The van der Waals surface area contributed by atoms with E-state index in [9.17, 15) is 13.2 Å². The van der Waals surface area contributed by atoms with Gasteiger partial charge in [-0.2, -0.15) is 8.78 Å². The van der Waals surface area contributed by atoms with Crippen molar-refractivity contribution in [1.29, 1.82) is 0 Å². The molecule has 0 saturated heterocycles. The number of rotatable bonds is 9. The Morgan fingerprint density at radius 3 is 2.05 bits per heavy atom. The lowest BCUT2D eigenvalue weighted by Crippen LogP contribution is -2.25. The topological polar surface area (TPSA) is 9.23 Å². The highest BCUT2D eigenvalue weighted by Gasteiger charge is 2.41. The Morgan fingerprint density at radius 1 is 0.900 bits per heavy atom. The van der Waals surface area contributed by atoms with Crippen LogP contribution in [-0.4, -0.2) is 6.67 Å². The molecule has 0 aliphatic heterocycles. The fraction of sp³-hybridized carbons (Fsp3) is 0.353. The second kappa shape index (κ2) is 13.2. The quantitative estimate of drug-likeness (QED) is 0.146. The number of benzene rings is 3. The Morgan fingerprint density at radius 2 is 1.48 bits per heavy atom. The van der Waals surface area contributed by atoms with Gasteiger partial charge in [-0.3, -0.25) is 4.39 Å². The summed E-state index contributed by atoms with van der Waals surface area (Å²) in [5, 5.41) is 0. The van der Waals surface area contributed by atoms with E-state index >= 15 is 8.78 Å². The molecule has 0 unspecified atom stereocenters. The van der Waals surface area contributed by atoms with Crippen LogP contribution in [0.2, 0.25) is 0 Å². The maximum Gasteiger partial charge on any atom is 0.429 e. The Bertz CT molecular complexity index is 1360. The molecule has 40 heavy (non-hydrogen) atoms. The Labute approximate surface area is 233 Å². The third-order valence-corrected chi connectivity index (χ3v) is 7.45. The first kappa shape index (κ1) is 29.4. The summed E-state index contributed by atoms with van der Waals surface area (Å²) in [6.45, 7) is 4.65. The minimum absolute atomic E-state index is 0.0257. The smallest absolute Gasteiger partial charge is 0.429 e. The average Bonchev–Trinajstić information content (AvgIpc) is 2.95. The number of ether oxygens (including phenoxy) is 1. The molecule has 0 atom stereocenters. The molecule has 0 N–H and O–H groups in total. The molecule has 1 aliphatic rings. The lowest BCUT2D eigenvalue weighted by Gasteiger charge is -2.23. The first-order chi connectivity index (χ1) is 19.2. The molecule has 0 bridgehead atoms. The van der Waals surface area contributed by atoms with Gasteiger partial charge in [-0.15, -0.1) is 6.58 Å². The molecular weight excluding hydrogens is 519 g/mol. The van der Waals surface area contributed by atoms with Crippen LogP contribution in [0.4, 0.5) is 22.0 Å². The summed E-state index contributed by atoms with van der Waals surface area (Å²) < 4.78 is 77.5. The highest BCUT2D eigenvalue weighted by molar-refractivity contribution is 5.44. The van der Waals surface area contributed by atoms with Crippen LogP contribution in [-0.2, 0) is 25.4 Å². The number of aryl methyl sites for hydroxylation is 3. The standard InChI is InChI=1S/C34H33F5O/c1-3-4-24-5-7-25(8-6-24)9-10-27-16-19-30(20-17-27)40-34(38,39)31-23(2)21-29(32(36)33(31)37)18-15-26-11-13-28(22-35)14-12-26/h3,5-8,16-17,19-21,26,28H,1,4,9-14,22H2,2H3. The van der Waals surface area contributed by atoms with Gasteiger partial charge in [0.15, 0.2) is 11.6 Å². The van der Waals surface area contributed by atoms with Crippen LogP contribution < -0.4 is 4.74 Å². The van der Waals surface area contributed by atoms with Gasteiger partial charge >= 0.3 is 6.11 Å². The molecule has 0 aromatic heterocycles. The minimum Gasteiger partial charge on any atom is -0.429 e. The molecule has 0 amide bonds. The van der Waals surface area contributed by atoms with E-state index in [0.29, 0.717) is 32.1 Å². The van der Waals surface area contributed by atoms with Gasteiger partial charge in [-0.25, -0.2) is 8.78 Å². The summed E-state index contributed by atoms with van der Waals surface area (Å²) in [5.74, 6) is 2.23. The fourth-order valence-electron chi connectivity index (χ4n) is 5.06. The minimum atomic E-state index is -4.10. The highest BCUT2D eigenvalue weighted by atomic mass is 19.3. The molecule has 1 saturated carbocycles. The zero-order chi connectivity index (χ0) is 28.7. The number of hydrogen-bond acceptors (Lipinski definition) is 1. The summed E-state index contributed by atoms with van der Waals surface area (Å²) in [4.78, 5) is 0. The van der Waals surface area contributed by atoms with Gasteiger partial charge in [0.05, 0.1) is 12.2 Å². The number of halogens is 5. The summed E-state index contributed by atoms with van der Waals surface area (Å²) in [6, 6.07) is 15.5. The number of alkyl halides is 3. The fourth-order valence-corrected chi connectivity index (χ4v) is 5.06. The van der Waals surface area contributed by atoms with Crippen molar-refractivity contribution >= 4 is 0 Å². The largest absolute Gasteiger partial charge is 0.429 e. The maximum atomic E-state index is 15.1. The number of hydrogen-bond donors (Lipinski definition) is 0. The van der Waals surface area contributed by atoms with E-state index in [2.05, 4.69) is 42.7 Å². The van der Waals surface area contributed by atoms with Crippen molar-refractivity contribution in [1.82, 2.24) is 0 Å². The summed E-state index contributed by atoms with van der Waals surface area (Å²) >= 11 is 0. The van der Waals surface area contributed by atoms with Crippen LogP contribution in [0.1, 0.15) is 59.1 Å². The van der Waals surface area contributed by atoms with Crippen molar-refractivity contribution in [3.05, 3.63) is 112 Å². The summed E-state index contributed by atoms with van der Waals surface area (Å²) in [5.41, 5.74) is 1.68. The van der Waals surface area contributed by atoms with Crippen molar-refractivity contribution in [3.8, 4) is 17.6 Å². The van der Waals surface area contributed by atoms with Gasteiger partial charge in [-0.1, -0.05) is 54.3 Å². The summed E-state index contributed by atoms with van der Waals surface area (Å²) in [6.07, 6.45) is 2.79. The molecule has 210 valence electrons. The normalized spacial score (nSPS) is 17.1. The van der Waals surface area contributed by atoms with E-state index in [1.807, 2.05) is 6.08 Å². The average molecular weight is 553 g/mol. The molecule has 0 radical (unpaired) electrons. The molecule has 1 aliphatic carbocycles. The van der Waals surface area contributed by atoms with Crippen LogP contribution in [0, 0.1) is 42.2 Å². The molecule has 0 heterocycles. The van der Waals surface area contributed by atoms with Gasteiger partial charge in [-0.05, 0) is 98.2 Å². The second-order valence-corrected chi connectivity index (χ2v) is 10.5. The summed E-state index contributed by atoms with van der Waals surface area (Å²) in [7, 11) is 0. The van der Waals surface area contributed by atoms with Gasteiger partial charge < -0.3 is 4.74 Å². The van der Waals surface area contributed by atoms with E-state index in [-0.39, 0.29) is 35.4 Å². The van der Waals surface area contributed by atoms with E-state index in [0.717, 1.165) is 30.0 Å². The molecule has 3 aromatic rings. The molecule has 4 rings (SSSR count). The second-order valence-electron chi connectivity index (χ2n) is 10.5. The highest BCUT2D eigenvalue weighted by Crippen LogP contribution is 2.37. The third-order valence-electron chi connectivity index (χ3n) is 7.45. The van der Waals surface area contributed by atoms with E-state index in [4.69, 9.17) is 4.74 Å². The SMILES string of the molecule is C=CCc1ccc(CCc2ccc(OC(F)(F)c3c(C)cc(C#CC4CCC(CF)CC4)c(F)c3F)cc2)cc1. The first-order valence-electron chi connectivity index (χ1n) is 13.6. The predicted molar refractivity (Wildman–Crippen MR) is 148 cm³/mol. The van der Waals surface area contributed by atoms with Crippen LogP contribution >= 0.6 is 0 Å².